The van der Waals surface area contributed by atoms with Gasteiger partial charge in [0, 0.05) is 19.3 Å². The summed E-state index contributed by atoms with van der Waals surface area (Å²) in [6.07, 6.45) is 98.2. The van der Waals surface area contributed by atoms with Crippen molar-refractivity contribution in [3.05, 3.63) is 158 Å². The molecule has 0 saturated carbocycles. The van der Waals surface area contributed by atoms with Crippen LogP contribution in [0.5, 0.6) is 0 Å². The summed E-state index contributed by atoms with van der Waals surface area (Å²) in [7, 11) is 0. The Bertz CT molecular complexity index is 1810. The van der Waals surface area contributed by atoms with Gasteiger partial charge in [0.2, 0.25) is 0 Å². The standard InChI is InChI=1S/C75H120O6/c1-4-7-10-13-16-19-22-25-28-31-34-36-37-39-41-44-47-50-53-56-59-62-65-68-74(77)80-71-72(70-79-73(76)67-64-61-58-55-52-49-46-43-40-33-30-27-24-21-18-15-12-9-6-3)81-75(78)69-66-63-60-57-54-51-48-45-42-38-35-32-29-26-23-20-17-14-11-8-5-2/h7-8,10-11,16-17,19-20,25-30,34-36,38-39,41,45,47-48,50,54,57,72H,4-6,9,12-15,18,21-24,31-33,37,40,42-44,46,49,51-53,55-56,58-71H2,1-3H3/b10-7-,11-8-,19-16-,20-17-,28-25-,29-26-,30-27-,36-34-,38-35-,41-39-,48-45-,50-47-,57-54-. The highest BCUT2D eigenvalue weighted by atomic mass is 16.6. The Morgan fingerprint density at radius 2 is 0.481 bits per heavy atom. The van der Waals surface area contributed by atoms with Crippen LogP contribution in [0.4, 0.5) is 0 Å². The van der Waals surface area contributed by atoms with E-state index in [1.807, 2.05) is 0 Å². The second-order valence-electron chi connectivity index (χ2n) is 21.3. The van der Waals surface area contributed by atoms with Crippen LogP contribution in [-0.2, 0) is 28.6 Å². The predicted molar refractivity (Wildman–Crippen MR) is 352 cm³/mol. The number of hydrogen-bond donors (Lipinski definition) is 0. The van der Waals surface area contributed by atoms with Crippen molar-refractivity contribution in [3.8, 4) is 0 Å². The molecule has 0 bridgehead atoms. The van der Waals surface area contributed by atoms with E-state index in [2.05, 4.69) is 179 Å². The minimum atomic E-state index is -0.823. The van der Waals surface area contributed by atoms with E-state index in [4.69, 9.17) is 14.2 Å². The van der Waals surface area contributed by atoms with E-state index < -0.39 is 6.10 Å². The summed E-state index contributed by atoms with van der Waals surface area (Å²) in [5.74, 6) is -0.983. The first kappa shape index (κ1) is 76.0. The molecular formula is C75H120O6. The molecule has 0 aliphatic carbocycles. The third kappa shape index (κ3) is 65.7. The highest BCUT2D eigenvalue weighted by Crippen LogP contribution is 2.14. The lowest BCUT2D eigenvalue weighted by Crippen LogP contribution is -2.30. The Labute approximate surface area is 499 Å². The Kier molecular flexibility index (Phi) is 63.4. The van der Waals surface area contributed by atoms with Crippen LogP contribution in [-0.4, -0.2) is 37.2 Å². The fourth-order valence-corrected chi connectivity index (χ4v) is 8.62. The summed E-state index contributed by atoms with van der Waals surface area (Å²) in [6.45, 7) is 6.36. The minimum Gasteiger partial charge on any atom is -0.462 e. The maximum Gasteiger partial charge on any atom is 0.306 e. The zero-order chi connectivity index (χ0) is 58.5. The van der Waals surface area contributed by atoms with Gasteiger partial charge in [-0.2, -0.15) is 0 Å². The molecule has 0 aromatic carbocycles. The lowest BCUT2D eigenvalue weighted by atomic mass is 10.1. The molecule has 0 heterocycles. The molecule has 1 atom stereocenters. The molecule has 6 heteroatoms. The zero-order valence-corrected chi connectivity index (χ0v) is 52.2. The van der Waals surface area contributed by atoms with Gasteiger partial charge in [-0.25, -0.2) is 0 Å². The number of esters is 3. The SMILES string of the molecule is CC/C=C\C/C=C\C/C=C\C/C=C\C/C=C\C/C=C\CCCCCCC(=O)OCC(COC(=O)CCCCCCCCCCC/C=C\CCCCCCCC)OC(=O)CCCC/C=C\C/C=C\C/C=C\C/C=C\C/C=C\C/C=C\CC. The summed E-state index contributed by atoms with van der Waals surface area (Å²) >= 11 is 0. The van der Waals surface area contributed by atoms with Crippen molar-refractivity contribution >= 4 is 17.9 Å². The number of carbonyl (C=O) groups excluding carboxylic acids is 3. The molecule has 456 valence electrons. The van der Waals surface area contributed by atoms with E-state index in [1.54, 1.807) is 0 Å². The van der Waals surface area contributed by atoms with E-state index >= 15 is 0 Å². The average Bonchev–Trinajstić information content (AvgIpc) is 3.47. The summed E-state index contributed by atoms with van der Waals surface area (Å²) in [6, 6.07) is 0. The molecule has 0 N–H and O–H groups in total. The highest BCUT2D eigenvalue weighted by Gasteiger charge is 2.19. The van der Waals surface area contributed by atoms with Crippen LogP contribution in [0.1, 0.15) is 278 Å². The van der Waals surface area contributed by atoms with E-state index in [9.17, 15) is 14.4 Å². The molecule has 0 aromatic rings. The van der Waals surface area contributed by atoms with E-state index in [1.165, 1.54) is 89.9 Å². The number of unbranched alkanes of at least 4 members (excludes halogenated alkanes) is 21. The van der Waals surface area contributed by atoms with Gasteiger partial charge in [-0.1, -0.05) is 269 Å². The van der Waals surface area contributed by atoms with Crippen molar-refractivity contribution in [2.45, 2.75) is 284 Å². The van der Waals surface area contributed by atoms with Crippen LogP contribution in [0.2, 0.25) is 0 Å². The zero-order valence-electron chi connectivity index (χ0n) is 52.2. The first-order chi connectivity index (χ1) is 40.0. The van der Waals surface area contributed by atoms with Crippen molar-refractivity contribution < 1.29 is 28.6 Å². The van der Waals surface area contributed by atoms with Gasteiger partial charge in [0.25, 0.3) is 0 Å². The molecule has 0 aromatic heterocycles. The summed E-state index contributed by atoms with van der Waals surface area (Å²) in [4.78, 5) is 38.4. The lowest BCUT2D eigenvalue weighted by molar-refractivity contribution is -0.167. The lowest BCUT2D eigenvalue weighted by Gasteiger charge is -2.18. The second-order valence-corrected chi connectivity index (χ2v) is 21.3. The molecule has 0 spiro atoms. The molecule has 0 saturated heterocycles. The van der Waals surface area contributed by atoms with Crippen LogP contribution in [0, 0.1) is 0 Å². The predicted octanol–water partition coefficient (Wildman–Crippen LogP) is 22.9. The number of allylic oxidation sites excluding steroid dienone is 26. The molecule has 0 fully saturated rings. The van der Waals surface area contributed by atoms with Crippen molar-refractivity contribution in [2.24, 2.45) is 0 Å². The fourth-order valence-electron chi connectivity index (χ4n) is 8.62. The van der Waals surface area contributed by atoms with Gasteiger partial charge < -0.3 is 14.2 Å². The number of rotatable bonds is 58. The van der Waals surface area contributed by atoms with Gasteiger partial charge in [-0.15, -0.1) is 0 Å². The van der Waals surface area contributed by atoms with Crippen LogP contribution < -0.4 is 0 Å². The summed E-state index contributed by atoms with van der Waals surface area (Å²) < 4.78 is 16.9. The molecule has 0 amide bonds. The quantitative estimate of drug-likeness (QED) is 0.0261. The minimum absolute atomic E-state index is 0.111. The maximum absolute atomic E-state index is 12.9. The van der Waals surface area contributed by atoms with Gasteiger partial charge in [-0.05, 0) is 148 Å². The first-order valence-electron chi connectivity index (χ1n) is 33.0. The molecule has 6 nitrogen and oxygen atoms in total. The number of ether oxygens (including phenoxy) is 3. The number of hydrogen-bond acceptors (Lipinski definition) is 6. The Morgan fingerprint density at radius 1 is 0.259 bits per heavy atom. The summed E-state index contributed by atoms with van der Waals surface area (Å²) in [5, 5.41) is 0. The van der Waals surface area contributed by atoms with Gasteiger partial charge in [0.05, 0.1) is 0 Å². The van der Waals surface area contributed by atoms with Crippen LogP contribution >= 0.6 is 0 Å². The molecular weight excluding hydrogens is 997 g/mol. The van der Waals surface area contributed by atoms with E-state index in [-0.39, 0.29) is 37.5 Å². The maximum atomic E-state index is 12.9. The third-order valence-corrected chi connectivity index (χ3v) is 13.5. The average molecular weight is 1120 g/mol. The van der Waals surface area contributed by atoms with Gasteiger partial charge >= 0.3 is 17.9 Å². The van der Waals surface area contributed by atoms with Crippen molar-refractivity contribution in [1.82, 2.24) is 0 Å². The topological polar surface area (TPSA) is 78.9 Å². The Balaban J connectivity index is 4.55. The van der Waals surface area contributed by atoms with E-state index in [0.717, 1.165) is 141 Å². The van der Waals surface area contributed by atoms with Gasteiger partial charge in [0.1, 0.15) is 13.2 Å². The monoisotopic (exact) mass is 1120 g/mol. The highest BCUT2D eigenvalue weighted by molar-refractivity contribution is 5.71. The van der Waals surface area contributed by atoms with Crippen LogP contribution in [0.25, 0.3) is 0 Å². The van der Waals surface area contributed by atoms with Crippen LogP contribution in [0.15, 0.2) is 158 Å². The first-order valence-corrected chi connectivity index (χ1v) is 33.0. The Morgan fingerprint density at radius 3 is 0.790 bits per heavy atom. The smallest absolute Gasteiger partial charge is 0.306 e. The molecule has 0 aliphatic heterocycles. The summed E-state index contributed by atoms with van der Waals surface area (Å²) in [5.41, 5.74) is 0. The van der Waals surface area contributed by atoms with Crippen molar-refractivity contribution in [1.29, 1.82) is 0 Å². The molecule has 1 unspecified atom stereocenters. The van der Waals surface area contributed by atoms with Crippen molar-refractivity contribution in [2.75, 3.05) is 13.2 Å². The second kappa shape index (κ2) is 67.5. The van der Waals surface area contributed by atoms with E-state index in [0.29, 0.717) is 19.3 Å². The van der Waals surface area contributed by atoms with Crippen LogP contribution in [0.3, 0.4) is 0 Å². The van der Waals surface area contributed by atoms with Crippen molar-refractivity contribution in [3.63, 3.8) is 0 Å². The number of carbonyl (C=O) groups is 3. The Hall–Kier alpha value is -4.97. The normalized spacial score (nSPS) is 13.2. The fraction of sp³-hybridized carbons (Fsp3) is 0.613. The van der Waals surface area contributed by atoms with Gasteiger partial charge in [0.15, 0.2) is 6.10 Å². The molecule has 0 radical (unpaired) electrons. The molecule has 0 rings (SSSR count). The molecule has 0 aliphatic rings. The molecule has 81 heavy (non-hydrogen) atoms. The third-order valence-electron chi connectivity index (χ3n) is 13.5. The van der Waals surface area contributed by atoms with Gasteiger partial charge in [-0.3, -0.25) is 14.4 Å². The largest absolute Gasteiger partial charge is 0.462 e.